The number of halogens is 1. The third-order valence-corrected chi connectivity index (χ3v) is 4.03. The van der Waals surface area contributed by atoms with Crippen LogP contribution in [0.15, 0.2) is 0 Å². The second-order valence-electron chi connectivity index (χ2n) is 4.95. The standard InChI is InChI=1S/C11H19ClO/c1-8-4-6-9(7-5-8)11(2,3)10(12)13/h8-9H,4-7H2,1-3H3. The molecule has 0 amide bonds. The zero-order chi connectivity index (χ0) is 10.1. The van der Waals surface area contributed by atoms with E-state index in [1.54, 1.807) is 0 Å². The number of hydrogen-bond donors (Lipinski definition) is 0. The van der Waals surface area contributed by atoms with Crippen molar-refractivity contribution >= 4 is 16.8 Å². The summed E-state index contributed by atoms with van der Waals surface area (Å²) >= 11 is 5.60. The molecule has 0 aromatic heterocycles. The van der Waals surface area contributed by atoms with Crippen molar-refractivity contribution in [2.45, 2.75) is 46.5 Å². The zero-order valence-corrected chi connectivity index (χ0v) is 9.53. The van der Waals surface area contributed by atoms with Gasteiger partial charge < -0.3 is 0 Å². The van der Waals surface area contributed by atoms with Gasteiger partial charge in [0.05, 0.1) is 0 Å². The van der Waals surface area contributed by atoms with Gasteiger partial charge in [0.25, 0.3) is 0 Å². The maximum Gasteiger partial charge on any atom is 0.227 e. The largest absolute Gasteiger partial charge is 0.281 e. The Morgan fingerprint density at radius 2 is 1.69 bits per heavy atom. The van der Waals surface area contributed by atoms with Crippen molar-refractivity contribution in [3.05, 3.63) is 0 Å². The Morgan fingerprint density at radius 1 is 1.23 bits per heavy atom. The van der Waals surface area contributed by atoms with Crippen LogP contribution in [0.3, 0.4) is 0 Å². The molecule has 1 aliphatic rings. The Labute approximate surface area is 85.8 Å². The summed E-state index contributed by atoms with van der Waals surface area (Å²) in [6, 6.07) is 0. The van der Waals surface area contributed by atoms with Crippen LogP contribution in [0.5, 0.6) is 0 Å². The van der Waals surface area contributed by atoms with Crippen molar-refractivity contribution in [2.24, 2.45) is 17.3 Å². The van der Waals surface area contributed by atoms with Crippen LogP contribution in [0.4, 0.5) is 0 Å². The molecule has 0 aromatic carbocycles. The van der Waals surface area contributed by atoms with Gasteiger partial charge in [-0.1, -0.05) is 33.6 Å². The van der Waals surface area contributed by atoms with Crippen molar-refractivity contribution < 1.29 is 4.79 Å². The molecule has 1 saturated carbocycles. The SMILES string of the molecule is CC1CCC(C(C)(C)C(=O)Cl)CC1. The van der Waals surface area contributed by atoms with Gasteiger partial charge in [-0.25, -0.2) is 0 Å². The summed E-state index contributed by atoms with van der Waals surface area (Å²) < 4.78 is 0. The fourth-order valence-corrected chi connectivity index (χ4v) is 2.30. The quantitative estimate of drug-likeness (QED) is 0.626. The lowest BCUT2D eigenvalue weighted by atomic mass is 9.70. The smallest absolute Gasteiger partial charge is 0.227 e. The molecular formula is C11H19ClO. The van der Waals surface area contributed by atoms with Crippen molar-refractivity contribution in [3.63, 3.8) is 0 Å². The predicted molar refractivity (Wildman–Crippen MR) is 55.8 cm³/mol. The lowest BCUT2D eigenvalue weighted by molar-refractivity contribution is -0.122. The van der Waals surface area contributed by atoms with E-state index in [2.05, 4.69) is 6.92 Å². The van der Waals surface area contributed by atoms with Crippen LogP contribution in [0.1, 0.15) is 46.5 Å². The summed E-state index contributed by atoms with van der Waals surface area (Å²) in [6.07, 6.45) is 4.82. The van der Waals surface area contributed by atoms with Crippen molar-refractivity contribution in [1.82, 2.24) is 0 Å². The van der Waals surface area contributed by atoms with E-state index in [0.717, 1.165) is 18.8 Å². The van der Waals surface area contributed by atoms with E-state index in [0.29, 0.717) is 5.92 Å². The fraction of sp³-hybridized carbons (Fsp3) is 0.909. The molecule has 0 radical (unpaired) electrons. The fourth-order valence-electron chi connectivity index (χ4n) is 2.14. The van der Waals surface area contributed by atoms with Crippen LogP contribution in [0.25, 0.3) is 0 Å². The molecule has 76 valence electrons. The highest BCUT2D eigenvalue weighted by molar-refractivity contribution is 6.64. The van der Waals surface area contributed by atoms with E-state index in [4.69, 9.17) is 11.6 Å². The average Bonchev–Trinajstić information content (AvgIpc) is 2.04. The van der Waals surface area contributed by atoms with Crippen LogP contribution >= 0.6 is 11.6 Å². The van der Waals surface area contributed by atoms with Gasteiger partial charge in [-0.05, 0) is 36.3 Å². The lowest BCUT2D eigenvalue weighted by Crippen LogP contribution is -2.32. The van der Waals surface area contributed by atoms with Gasteiger partial charge in [-0.3, -0.25) is 4.79 Å². The third kappa shape index (κ3) is 2.46. The Bertz CT molecular complexity index is 190. The molecule has 0 spiro atoms. The second kappa shape index (κ2) is 4.00. The highest BCUT2D eigenvalue weighted by atomic mass is 35.5. The van der Waals surface area contributed by atoms with Gasteiger partial charge in [0.2, 0.25) is 5.24 Å². The molecule has 0 saturated heterocycles. The highest BCUT2D eigenvalue weighted by Crippen LogP contribution is 2.41. The molecule has 13 heavy (non-hydrogen) atoms. The maximum absolute atomic E-state index is 11.2. The van der Waals surface area contributed by atoms with E-state index in [1.165, 1.54) is 12.8 Å². The van der Waals surface area contributed by atoms with Gasteiger partial charge in [0.15, 0.2) is 0 Å². The molecule has 0 aromatic rings. The van der Waals surface area contributed by atoms with E-state index >= 15 is 0 Å². The van der Waals surface area contributed by atoms with Crippen molar-refractivity contribution in [2.75, 3.05) is 0 Å². The van der Waals surface area contributed by atoms with Gasteiger partial charge in [-0.15, -0.1) is 0 Å². The molecule has 1 nitrogen and oxygen atoms in total. The molecule has 0 heterocycles. The number of rotatable bonds is 2. The molecule has 1 rings (SSSR count). The molecule has 1 aliphatic carbocycles. The van der Waals surface area contributed by atoms with Crippen LogP contribution < -0.4 is 0 Å². The first-order valence-corrected chi connectivity index (χ1v) is 5.52. The van der Waals surface area contributed by atoms with Crippen LogP contribution in [0.2, 0.25) is 0 Å². The maximum atomic E-state index is 11.2. The number of carbonyl (C=O) groups excluding carboxylic acids is 1. The summed E-state index contributed by atoms with van der Waals surface area (Å²) in [5, 5.41) is -0.174. The van der Waals surface area contributed by atoms with Crippen molar-refractivity contribution in [3.8, 4) is 0 Å². The Morgan fingerprint density at radius 3 is 2.08 bits per heavy atom. The van der Waals surface area contributed by atoms with Gasteiger partial charge >= 0.3 is 0 Å². The highest BCUT2D eigenvalue weighted by Gasteiger charge is 2.36. The minimum Gasteiger partial charge on any atom is -0.281 e. The van der Waals surface area contributed by atoms with E-state index in [-0.39, 0.29) is 10.7 Å². The van der Waals surface area contributed by atoms with Crippen molar-refractivity contribution in [1.29, 1.82) is 0 Å². The molecular weight excluding hydrogens is 184 g/mol. The summed E-state index contributed by atoms with van der Waals surface area (Å²) in [7, 11) is 0. The molecule has 1 fully saturated rings. The summed E-state index contributed by atoms with van der Waals surface area (Å²) in [6.45, 7) is 6.23. The number of hydrogen-bond acceptors (Lipinski definition) is 1. The zero-order valence-electron chi connectivity index (χ0n) is 8.77. The summed E-state index contributed by atoms with van der Waals surface area (Å²) in [5.74, 6) is 1.33. The van der Waals surface area contributed by atoms with Crippen LogP contribution in [-0.4, -0.2) is 5.24 Å². The second-order valence-corrected chi connectivity index (χ2v) is 5.30. The first-order valence-electron chi connectivity index (χ1n) is 5.14. The monoisotopic (exact) mass is 202 g/mol. The Hall–Kier alpha value is -0.0400. The minimum atomic E-state index is -0.318. The molecule has 0 N–H and O–H groups in total. The first-order chi connectivity index (χ1) is 5.94. The average molecular weight is 203 g/mol. The van der Waals surface area contributed by atoms with Gasteiger partial charge in [0, 0.05) is 5.41 Å². The lowest BCUT2D eigenvalue weighted by Gasteiger charge is -2.35. The molecule has 0 aliphatic heterocycles. The Kier molecular flexibility index (Phi) is 3.39. The van der Waals surface area contributed by atoms with Gasteiger partial charge in [-0.2, -0.15) is 0 Å². The van der Waals surface area contributed by atoms with E-state index < -0.39 is 0 Å². The van der Waals surface area contributed by atoms with Gasteiger partial charge in [0.1, 0.15) is 0 Å². The van der Waals surface area contributed by atoms with E-state index in [1.807, 2.05) is 13.8 Å². The minimum absolute atomic E-state index is 0.174. The van der Waals surface area contributed by atoms with Crippen LogP contribution in [0, 0.1) is 17.3 Å². The first kappa shape index (κ1) is 11.0. The normalized spacial score (nSPS) is 30.2. The predicted octanol–water partition coefficient (Wildman–Crippen LogP) is 3.60. The molecule has 0 unspecified atom stereocenters. The van der Waals surface area contributed by atoms with Crippen LogP contribution in [-0.2, 0) is 4.79 Å². The molecule has 2 heteroatoms. The number of carbonyl (C=O) groups is 1. The molecule has 0 bridgehead atoms. The molecule has 0 atom stereocenters. The Balaban J connectivity index is 2.58. The summed E-state index contributed by atoms with van der Waals surface area (Å²) in [5.41, 5.74) is -0.318. The third-order valence-electron chi connectivity index (χ3n) is 3.54. The van der Waals surface area contributed by atoms with E-state index in [9.17, 15) is 4.79 Å². The topological polar surface area (TPSA) is 17.1 Å². The summed E-state index contributed by atoms with van der Waals surface area (Å²) in [4.78, 5) is 11.2.